The fraction of sp³-hybridized carbons (Fsp3) is 0.125. The molecule has 1 aromatic carbocycles. The molecule has 96 valence electrons. The zero-order chi connectivity index (χ0) is 13.5. The molecule has 3 heteroatoms. The second-order valence-corrected chi connectivity index (χ2v) is 4.16. The summed E-state index contributed by atoms with van der Waals surface area (Å²) in [5.41, 5.74) is 2.98. The van der Waals surface area contributed by atoms with Gasteiger partial charge in [-0.3, -0.25) is 9.78 Å². The van der Waals surface area contributed by atoms with Crippen LogP contribution in [0.25, 0.3) is 6.08 Å². The highest BCUT2D eigenvalue weighted by Crippen LogP contribution is 2.11. The molecule has 0 atom stereocenters. The lowest BCUT2D eigenvalue weighted by Gasteiger charge is -2.04. The van der Waals surface area contributed by atoms with Crippen molar-refractivity contribution in [1.29, 1.82) is 0 Å². The summed E-state index contributed by atoms with van der Waals surface area (Å²) in [7, 11) is 0. The molecule has 3 nitrogen and oxygen atoms in total. The summed E-state index contributed by atoms with van der Waals surface area (Å²) in [6, 6.07) is 11.6. The molecule has 0 fully saturated rings. The summed E-state index contributed by atoms with van der Waals surface area (Å²) in [6.07, 6.45) is 7.63. The van der Waals surface area contributed by atoms with Crippen LogP contribution in [0.2, 0.25) is 0 Å². The van der Waals surface area contributed by atoms with Crippen molar-refractivity contribution in [1.82, 2.24) is 4.98 Å². The molecule has 0 aliphatic rings. The number of anilines is 1. The van der Waals surface area contributed by atoms with Crippen molar-refractivity contribution >= 4 is 17.7 Å². The third kappa shape index (κ3) is 4.07. The Morgan fingerprint density at radius 3 is 2.79 bits per heavy atom. The summed E-state index contributed by atoms with van der Waals surface area (Å²) in [5, 5.41) is 2.85. The number of rotatable bonds is 4. The van der Waals surface area contributed by atoms with E-state index in [1.54, 1.807) is 18.5 Å². The molecule has 1 heterocycles. The minimum Gasteiger partial charge on any atom is -0.323 e. The van der Waals surface area contributed by atoms with Gasteiger partial charge in [0, 0.05) is 24.2 Å². The Balaban J connectivity index is 1.99. The molecule has 0 saturated carbocycles. The number of benzene rings is 1. The Kier molecular flexibility index (Phi) is 4.45. The van der Waals surface area contributed by atoms with E-state index in [1.165, 1.54) is 11.6 Å². The number of aryl methyl sites for hydroxylation is 1. The zero-order valence-corrected chi connectivity index (χ0v) is 10.8. The van der Waals surface area contributed by atoms with Crippen LogP contribution in [0.3, 0.4) is 0 Å². The molecule has 0 bridgehead atoms. The Labute approximate surface area is 113 Å². The maximum atomic E-state index is 11.8. The van der Waals surface area contributed by atoms with Gasteiger partial charge >= 0.3 is 0 Å². The van der Waals surface area contributed by atoms with Crippen molar-refractivity contribution in [2.24, 2.45) is 0 Å². The lowest BCUT2D eigenvalue weighted by Crippen LogP contribution is -2.07. The summed E-state index contributed by atoms with van der Waals surface area (Å²) in [4.78, 5) is 15.7. The van der Waals surface area contributed by atoms with Gasteiger partial charge in [-0.05, 0) is 47.9 Å². The first-order valence-electron chi connectivity index (χ1n) is 6.26. The van der Waals surface area contributed by atoms with Crippen molar-refractivity contribution in [2.45, 2.75) is 13.3 Å². The van der Waals surface area contributed by atoms with Gasteiger partial charge in [0.1, 0.15) is 0 Å². The van der Waals surface area contributed by atoms with E-state index in [-0.39, 0.29) is 5.91 Å². The Morgan fingerprint density at radius 2 is 2.05 bits per heavy atom. The molecule has 2 aromatic rings. The number of carbonyl (C=O) groups excluding carboxylic acids is 1. The Morgan fingerprint density at radius 1 is 1.26 bits per heavy atom. The number of aromatic nitrogens is 1. The molecule has 0 unspecified atom stereocenters. The topological polar surface area (TPSA) is 42.0 Å². The fourth-order valence-electron chi connectivity index (χ4n) is 1.70. The number of amides is 1. The quantitative estimate of drug-likeness (QED) is 0.848. The normalized spacial score (nSPS) is 10.6. The Hall–Kier alpha value is -2.42. The van der Waals surface area contributed by atoms with Crippen molar-refractivity contribution in [3.05, 3.63) is 66.0 Å². The van der Waals surface area contributed by atoms with Gasteiger partial charge in [-0.15, -0.1) is 0 Å². The first-order valence-corrected chi connectivity index (χ1v) is 6.26. The highest BCUT2D eigenvalue weighted by Gasteiger charge is 1.98. The van der Waals surface area contributed by atoms with Crippen LogP contribution in [0.4, 0.5) is 5.69 Å². The second-order valence-electron chi connectivity index (χ2n) is 4.16. The summed E-state index contributed by atoms with van der Waals surface area (Å²) in [5.74, 6) is -0.134. The molecule has 2 rings (SSSR count). The van der Waals surface area contributed by atoms with Gasteiger partial charge < -0.3 is 5.32 Å². The fourth-order valence-corrected chi connectivity index (χ4v) is 1.70. The number of pyridine rings is 1. The van der Waals surface area contributed by atoms with E-state index in [4.69, 9.17) is 0 Å². The minimum atomic E-state index is -0.134. The first-order chi connectivity index (χ1) is 9.28. The molecule has 0 aliphatic carbocycles. The van der Waals surface area contributed by atoms with Crippen LogP contribution >= 0.6 is 0 Å². The summed E-state index contributed by atoms with van der Waals surface area (Å²) < 4.78 is 0. The van der Waals surface area contributed by atoms with Crippen LogP contribution in [0, 0.1) is 0 Å². The van der Waals surface area contributed by atoms with Gasteiger partial charge in [-0.2, -0.15) is 0 Å². The van der Waals surface area contributed by atoms with Crippen LogP contribution in [0.1, 0.15) is 18.1 Å². The van der Waals surface area contributed by atoms with Crippen LogP contribution < -0.4 is 5.32 Å². The van der Waals surface area contributed by atoms with Gasteiger partial charge in [0.25, 0.3) is 0 Å². The number of hydrogen-bond acceptors (Lipinski definition) is 2. The largest absolute Gasteiger partial charge is 0.323 e. The van der Waals surface area contributed by atoms with Gasteiger partial charge in [0.05, 0.1) is 0 Å². The van der Waals surface area contributed by atoms with E-state index >= 15 is 0 Å². The van der Waals surface area contributed by atoms with Crippen LogP contribution in [0.5, 0.6) is 0 Å². The molecular formula is C16H16N2O. The first kappa shape index (κ1) is 13.0. The maximum Gasteiger partial charge on any atom is 0.248 e. The second kappa shape index (κ2) is 6.50. The van der Waals surface area contributed by atoms with E-state index in [0.29, 0.717) is 0 Å². The Bertz CT molecular complexity index is 576. The SMILES string of the molecule is CCc1cccc(NC(=O)/C=C/c2ccncc2)c1. The molecule has 0 saturated heterocycles. The van der Waals surface area contributed by atoms with E-state index in [1.807, 2.05) is 36.4 Å². The van der Waals surface area contributed by atoms with E-state index in [0.717, 1.165) is 17.7 Å². The predicted octanol–water partition coefficient (Wildman–Crippen LogP) is 3.30. The van der Waals surface area contributed by atoms with E-state index in [9.17, 15) is 4.79 Å². The lowest BCUT2D eigenvalue weighted by molar-refractivity contribution is -0.111. The zero-order valence-electron chi connectivity index (χ0n) is 10.8. The summed E-state index contributed by atoms with van der Waals surface area (Å²) >= 11 is 0. The van der Waals surface area contributed by atoms with Crippen molar-refractivity contribution in [3.8, 4) is 0 Å². The highest BCUT2D eigenvalue weighted by atomic mass is 16.1. The molecule has 0 aliphatic heterocycles. The lowest BCUT2D eigenvalue weighted by atomic mass is 10.1. The highest BCUT2D eigenvalue weighted by molar-refractivity contribution is 6.01. The molecule has 1 N–H and O–H groups in total. The molecule has 0 radical (unpaired) electrons. The minimum absolute atomic E-state index is 0.134. The van der Waals surface area contributed by atoms with Crippen molar-refractivity contribution in [3.63, 3.8) is 0 Å². The van der Waals surface area contributed by atoms with Gasteiger partial charge in [0.2, 0.25) is 5.91 Å². The average Bonchev–Trinajstić information content (AvgIpc) is 2.46. The molecule has 1 aromatic heterocycles. The van der Waals surface area contributed by atoms with Crippen LogP contribution in [0.15, 0.2) is 54.9 Å². The number of carbonyl (C=O) groups is 1. The van der Waals surface area contributed by atoms with Crippen molar-refractivity contribution < 1.29 is 4.79 Å². The predicted molar refractivity (Wildman–Crippen MR) is 77.7 cm³/mol. The number of hydrogen-bond donors (Lipinski definition) is 1. The van der Waals surface area contributed by atoms with Gasteiger partial charge in [-0.25, -0.2) is 0 Å². The smallest absolute Gasteiger partial charge is 0.248 e. The summed E-state index contributed by atoms with van der Waals surface area (Å²) in [6.45, 7) is 2.09. The van der Waals surface area contributed by atoms with Crippen LogP contribution in [-0.2, 0) is 11.2 Å². The van der Waals surface area contributed by atoms with Gasteiger partial charge in [0.15, 0.2) is 0 Å². The van der Waals surface area contributed by atoms with Crippen molar-refractivity contribution in [2.75, 3.05) is 5.32 Å². The standard InChI is InChI=1S/C16H16N2O/c1-2-13-4-3-5-15(12-13)18-16(19)7-6-14-8-10-17-11-9-14/h3-12H,2H2,1H3,(H,18,19)/b7-6+. The van der Waals surface area contributed by atoms with E-state index in [2.05, 4.69) is 17.2 Å². The molecular weight excluding hydrogens is 236 g/mol. The average molecular weight is 252 g/mol. The number of nitrogens with one attached hydrogen (secondary N) is 1. The maximum absolute atomic E-state index is 11.8. The third-order valence-corrected chi connectivity index (χ3v) is 2.74. The van der Waals surface area contributed by atoms with Gasteiger partial charge in [-0.1, -0.05) is 19.1 Å². The third-order valence-electron chi connectivity index (χ3n) is 2.74. The van der Waals surface area contributed by atoms with Crippen LogP contribution in [-0.4, -0.2) is 10.9 Å². The number of nitrogens with zero attached hydrogens (tertiary/aromatic N) is 1. The molecule has 19 heavy (non-hydrogen) atoms. The monoisotopic (exact) mass is 252 g/mol. The molecule has 0 spiro atoms. The van der Waals surface area contributed by atoms with E-state index < -0.39 is 0 Å². The molecule has 1 amide bonds.